The van der Waals surface area contributed by atoms with Crippen molar-refractivity contribution in [1.29, 1.82) is 5.26 Å². The first-order chi connectivity index (χ1) is 11.5. The van der Waals surface area contributed by atoms with E-state index >= 15 is 0 Å². The van der Waals surface area contributed by atoms with Crippen LogP contribution in [-0.4, -0.2) is 34.2 Å². The Bertz CT molecular complexity index is 696. The van der Waals surface area contributed by atoms with Crippen molar-refractivity contribution in [3.8, 4) is 6.07 Å². The normalized spacial score (nSPS) is 13.5. The van der Waals surface area contributed by atoms with E-state index in [1.54, 1.807) is 6.92 Å². The second-order valence-corrected chi connectivity index (χ2v) is 5.26. The molecule has 0 saturated heterocycles. The van der Waals surface area contributed by atoms with Crippen LogP contribution in [0, 0.1) is 11.3 Å². The SMILES string of the molecule is CCOC(=O)CCC(C)(O)C(=O)Nc1cnc(C#N)c(C(F)(F)F)c1. The Morgan fingerprint density at radius 2 is 2.08 bits per heavy atom. The van der Waals surface area contributed by atoms with Crippen LogP contribution in [0.2, 0.25) is 0 Å². The summed E-state index contributed by atoms with van der Waals surface area (Å²) in [6, 6.07) is 1.86. The number of pyridine rings is 1. The highest BCUT2D eigenvalue weighted by Crippen LogP contribution is 2.32. The largest absolute Gasteiger partial charge is 0.466 e. The van der Waals surface area contributed by atoms with E-state index in [0.717, 1.165) is 13.1 Å². The second kappa shape index (κ2) is 7.94. The number of aliphatic hydroxyl groups is 1. The van der Waals surface area contributed by atoms with Crippen LogP contribution in [0.1, 0.15) is 37.9 Å². The fourth-order valence-corrected chi connectivity index (χ4v) is 1.80. The van der Waals surface area contributed by atoms with Crippen LogP contribution in [0.5, 0.6) is 0 Å². The average Bonchev–Trinajstić information content (AvgIpc) is 2.52. The summed E-state index contributed by atoms with van der Waals surface area (Å²) in [6.07, 6.45) is -4.49. The van der Waals surface area contributed by atoms with Crippen LogP contribution < -0.4 is 5.32 Å². The molecule has 25 heavy (non-hydrogen) atoms. The number of hydrogen-bond acceptors (Lipinski definition) is 6. The minimum Gasteiger partial charge on any atom is -0.466 e. The number of carbonyl (C=O) groups excluding carboxylic acids is 2. The molecule has 1 heterocycles. The quantitative estimate of drug-likeness (QED) is 0.752. The zero-order valence-corrected chi connectivity index (χ0v) is 13.5. The van der Waals surface area contributed by atoms with Gasteiger partial charge in [0.05, 0.1) is 24.1 Å². The summed E-state index contributed by atoms with van der Waals surface area (Å²) in [6.45, 7) is 2.85. The molecule has 1 atom stereocenters. The van der Waals surface area contributed by atoms with Crippen LogP contribution in [0.3, 0.4) is 0 Å². The number of anilines is 1. The molecule has 2 N–H and O–H groups in total. The van der Waals surface area contributed by atoms with Crippen molar-refractivity contribution in [2.45, 2.75) is 38.5 Å². The third-order valence-corrected chi connectivity index (χ3v) is 3.17. The molecule has 0 radical (unpaired) electrons. The van der Waals surface area contributed by atoms with Crippen molar-refractivity contribution in [3.05, 3.63) is 23.5 Å². The van der Waals surface area contributed by atoms with Crippen molar-refractivity contribution >= 4 is 17.6 Å². The van der Waals surface area contributed by atoms with E-state index in [2.05, 4.69) is 15.0 Å². The van der Waals surface area contributed by atoms with E-state index in [1.165, 1.54) is 6.07 Å². The van der Waals surface area contributed by atoms with Crippen LogP contribution in [-0.2, 0) is 20.5 Å². The lowest BCUT2D eigenvalue weighted by Crippen LogP contribution is -2.40. The first kappa shape index (κ1) is 20.4. The van der Waals surface area contributed by atoms with Crippen LogP contribution in [0.15, 0.2) is 12.3 Å². The summed E-state index contributed by atoms with van der Waals surface area (Å²) in [5, 5.41) is 20.8. The molecule has 0 aromatic carbocycles. The molecule has 1 amide bonds. The maximum absolute atomic E-state index is 12.9. The van der Waals surface area contributed by atoms with Gasteiger partial charge in [-0.1, -0.05) is 0 Å². The lowest BCUT2D eigenvalue weighted by atomic mass is 9.99. The van der Waals surface area contributed by atoms with Crippen molar-refractivity contribution in [2.24, 2.45) is 0 Å². The number of hydrogen-bond donors (Lipinski definition) is 2. The van der Waals surface area contributed by atoms with Gasteiger partial charge in [-0.25, -0.2) is 4.98 Å². The molecule has 0 bridgehead atoms. The van der Waals surface area contributed by atoms with Gasteiger partial charge in [0.2, 0.25) is 0 Å². The summed E-state index contributed by atoms with van der Waals surface area (Å²) in [4.78, 5) is 26.6. The smallest absolute Gasteiger partial charge is 0.419 e. The van der Waals surface area contributed by atoms with Gasteiger partial charge in [0.25, 0.3) is 5.91 Å². The highest BCUT2D eigenvalue weighted by atomic mass is 19.4. The zero-order valence-electron chi connectivity index (χ0n) is 13.5. The Balaban J connectivity index is 2.89. The van der Waals surface area contributed by atoms with E-state index in [9.17, 15) is 27.9 Å². The van der Waals surface area contributed by atoms with Gasteiger partial charge in [0.15, 0.2) is 5.69 Å². The zero-order chi connectivity index (χ0) is 19.3. The monoisotopic (exact) mass is 359 g/mol. The molecule has 136 valence electrons. The molecule has 1 aromatic heterocycles. The van der Waals surface area contributed by atoms with Crippen molar-refractivity contribution < 1.29 is 32.6 Å². The van der Waals surface area contributed by atoms with Gasteiger partial charge >= 0.3 is 12.1 Å². The number of halogens is 3. The van der Waals surface area contributed by atoms with Crippen molar-refractivity contribution in [1.82, 2.24) is 4.98 Å². The molecule has 0 fully saturated rings. The molecule has 1 aromatic rings. The van der Waals surface area contributed by atoms with Crippen LogP contribution in [0.25, 0.3) is 0 Å². The minimum absolute atomic E-state index is 0.143. The van der Waals surface area contributed by atoms with Gasteiger partial charge in [-0.15, -0.1) is 0 Å². The number of nitrogens with zero attached hydrogens (tertiary/aromatic N) is 2. The number of aromatic nitrogens is 1. The van der Waals surface area contributed by atoms with Gasteiger partial charge in [0.1, 0.15) is 11.7 Å². The number of ether oxygens (including phenoxy) is 1. The molecule has 0 spiro atoms. The number of nitriles is 1. The van der Waals surface area contributed by atoms with Crippen LogP contribution >= 0.6 is 0 Å². The Labute approximate surface area is 141 Å². The Morgan fingerprint density at radius 1 is 1.44 bits per heavy atom. The average molecular weight is 359 g/mol. The van der Waals surface area contributed by atoms with Gasteiger partial charge < -0.3 is 15.2 Å². The third kappa shape index (κ3) is 5.72. The summed E-state index contributed by atoms with van der Waals surface area (Å²) >= 11 is 0. The first-order valence-corrected chi connectivity index (χ1v) is 7.18. The predicted molar refractivity (Wildman–Crippen MR) is 79.1 cm³/mol. The summed E-state index contributed by atoms with van der Waals surface area (Å²) in [5.41, 5.74) is -4.50. The maximum atomic E-state index is 12.9. The van der Waals surface area contributed by atoms with Gasteiger partial charge in [-0.2, -0.15) is 18.4 Å². The topological polar surface area (TPSA) is 112 Å². The minimum atomic E-state index is -4.83. The van der Waals surface area contributed by atoms with Crippen LogP contribution in [0.4, 0.5) is 18.9 Å². The number of amides is 1. The number of rotatable bonds is 6. The molecule has 1 unspecified atom stereocenters. The number of alkyl halides is 3. The number of carbonyl (C=O) groups is 2. The van der Waals surface area contributed by atoms with E-state index in [-0.39, 0.29) is 25.1 Å². The summed E-state index contributed by atoms with van der Waals surface area (Å²) < 4.78 is 43.3. The summed E-state index contributed by atoms with van der Waals surface area (Å²) in [5.74, 6) is -1.63. The fraction of sp³-hybridized carbons (Fsp3) is 0.467. The molecular formula is C15H16F3N3O4. The fourth-order valence-electron chi connectivity index (χ4n) is 1.80. The molecule has 10 heteroatoms. The molecule has 7 nitrogen and oxygen atoms in total. The Hall–Kier alpha value is -2.67. The number of nitrogens with one attached hydrogen (secondary N) is 1. The van der Waals surface area contributed by atoms with E-state index in [1.807, 2.05) is 0 Å². The second-order valence-electron chi connectivity index (χ2n) is 5.26. The summed E-state index contributed by atoms with van der Waals surface area (Å²) in [7, 11) is 0. The highest BCUT2D eigenvalue weighted by Gasteiger charge is 2.36. The third-order valence-electron chi connectivity index (χ3n) is 3.17. The van der Waals surface area contributed by atoms with E-state index in [0.29, 0.717) is 6.07 Å². The van der Waals surface area contributed by atoms with Gasteiger partial charge in [0, 0.05) is 6.42 Å². The lowest BCUT2D eigenvalue weighted by molar-refractivity contribution is -0.145. The molecule has 0 aliphatic rings. The molecule has 0 aliphatic heterocycles. The molecule has 0 aliphatic carbocycles. The first-order valence-electron chi connectivity index (χ1n) is 7.18. The maximum Gasteiger partial charge on any atom is 0.419 e. The molecular weight excluding hydrogens is 343 g/mol. The predicted octanol–water partition coefficient (Wildman–Crippen LogP) is 2.00. The van der Waals surface area contributed by atoms with Gasteiger partial charge in [-0.05, 0) is 26.3 Å². The Kier molecular flexibility index (Phi) is 6.47. The molecule has 0 saturated carbocycles. The Morgan fingerprint density at radius 3 is 2.60 bits per heavy atom. The molecule has 1 rings (SSSR count). The van der Waals surface area contributed by atoms with E-state index in [4.69, 9.17) is 5.26 Å². The van der Waals surface area contributed by atoms with Gasteiger partial charge in [-0.3, -0.25) is 9.59 Å². The number of esters is 1. The van der Waals surface area contributed by atoms with Crippen molar-refractivity contribution in [2.75, 3.05) is 11.9 Å². The highest BCUT2D eigenvalue weighted by molar-refractivity contribution is 5.97. The van der Waals surface area contributed by atoms with E-state index < -0.39 is 34.9 Å². The standard InChI is InChI=1S/C15H16F3N3O4/c1-3-25-12(22)4-5-14(2,24)13(23)21-9-6-10(15(16,17)18)11(7-19)20-8-9/h6,8,24H,3-5H2,1-2H3,(H,21,23). The van der Waals surface area contributed by atoms with Crippen molar-refractivity contribution in [3.63, 3.8) is 0 Å². The lowest BCUT2D eigenvalue weighted by Gasteiger charge is -2.22.